The van der Waals surface area contributed by atoms with E-state index < -0.39 is 0 Å². The standard InChI is InChI=1S/C17H21ClN2O/c1-4-9-19-13(3)14-6-8-17(16(18)10-14)21-15-7-5-12(2)20-11-15/h5-8,10-11,13,19H,4,9H2,1-3H3. The average Bonchev–Trinajstić information content (AvgIpc) is 2.49. The van der Waals surface area contributed by atoms with Crippen molar-refractivity contribution in [3.63, 3.8) is 0 Å². The molecule has 0 saturated heterocycles. The van der Waals surface area contributed by atoms with Gasteiger partial charge in [-0.15, -0.1) is 0 Å². The molecule has 112 valence electrons. The van der Waals surface area contributed by atoms with Gasteiger partial charge in [0.15, 0.2) is 0 Å². The predicted octanol–water partition coefficient (Wildman–Crippen LogP) is 4.90. The van der Waals surface area contributed by atoms with Crippen LogP contribution in [0.5, 0.6) is 11.5 Å². The van der Waals surface area contributed by atoms with Crippen molar-refractivity contribution in [3.05, 3.63) is 52.8 Å². The fourth-order valence-electron chi connectivity index (χ4n) is 1.99. The van der Waals surface area contributed by atoms with Gasteiger partial charge in [0.2, 0.25) is 0 Å². The summed E-state index contributed by atoms with van der Waals surface area (Å²) in [6.07, 6.45) is 2.81. The van der Waals surface area contributed by atoms with Crippen LogP contribution in [-0.4, -0.2) is 11.5 Å². The van der Waals surface area contributed by atoms with E-state index in [0.29, 0.717) is 16.5 Å². The van der Waals surface area contributed by atoms with Gasteiger partial charge in [0.25, 0.3) is 0 Å². The highest BCUT2D eigenvalue weighted by molar-refractivity contribution is 6.32. The maximum Gasteiger partial charge on any atom is 0.146 e. The lowest BCUT2D eigenvalue weighted by Gasteiger charge is -2.15. The molecule has 1 aromatic carbocycles. The van der Waals surface area contributed by atoms with Crippen molar-refractivity contribution in [2.75, 3.05) is 6.54 Å². The maximum atomic E-state index is 6.32. The lowest BCUT2D eigenvalue weighted by atomic mass is 10.1. The van der Waals surface area contributed by atoms with Gasteiger partial charge in [-0.3, -0.25) is 4.98 Å². The lowest BCUT2D eigenvalue weighted by Crippen LogP contribution is -2.19. The number of ether oxygens (including phenoxy) is 1. The second-order valence-electron chi connectivity index (χ2n) is 5.10. The molecule has 1 unspecified atom stereocenters. The number of pyridine rings is 1. The summed E-state index contributed by atoms with van der Waals surface area (Å²) in [5, 5.41) is 4.05. The normalized spacial score (nSPS) is 12.2. The zero-order valence-corrected chi connectivity index (χ0v) is 13.4. The molecule has 0 aliphatic rings. The summed E-state index contributed by atoms with van der Waals surface area (Å²) in [4.78, 5) is 4.21. The molecule has 1 N–H and O–H groups in total. The van der Waals surface area contributed by atoms with E-state index in [9.17, 15) is 0 Å². The van der Waals surface area contributed by atoms with Crippen molar-refractivity contribution in [1.82, 2.24) is 10.3 Å². The molecule has 1 heterocycles. The van der Waals surface area contributed by atoms with Gasteiger partial charge in [-0.25, -0.2) is 0 Å². The van der Waals surface area contributed by atoms with E-state index in [0.717, 1.165) is 24.2 Å². The number of aryl methyl sites for hydroxylation is 1. The Balaban J connectivity index is 2.10. The highest BCUT2D eigenvalue weighted by Gasteiger charge is 2.09. The molecule has 0 amide bonds. The second kappa shape index (κ2) is 7.43. The minimum Gasteiger partial charge on any atom is -0.454 e. The van der Waals surface area contributed by atoms with Crippen LogP contribution in [0.3, 0.4) is 0 Å². The van der Waals surface area contributed by atoms with Gasteiger partial charge in [-0.1, -0.05) is 24.6 Å². The molecule has 0 radical (unpaired) electrons. The van der Waals surface area contributed by atoms with Gasteiger partial charge in [0.05, 0.1) is 11.2 Å². The SMILES string of the molecule is CCCNC(C)c1ccc(Oc2ccc(C)nc2)c(Cl)c1. The van der Waals surface area contributed by atoms with E-state index in [-0.39, 0.29) is 6.04 Å². The predicted molar refractivity (Wildman–Crippen MR) is 87.2 cm³/mol. The Labute approximate surface area is 131 Å². The summed E-state index contributed by atoms with van der Waals surface area (Å²) < 4.78 is 5.77. The van der Waals surface area contributed by atoms with E-state index >= 15 is 0 Å². The first-order valence-corrected chi connectivity index (χ1v) is 7.61. The number of nitrogens with zero attached hydrogens (tertiary/aromatic N) is 1. The van der Waals surface area contributed by atoms with Crippen LogP contribution in [0.15, 0.2) is 36.5 Å². The molecule has 0 aliphatic heterocycles. The summed E-state index contributed by atoms with van der Waals surface area (Å²) in [5.74, 6) is 1.33. The van der Waals surface area contributed by atoms with Crippen LogP contribution in [0.4, 0.5) is 0 Å². The second-order valence-corrected chi connectivity index (χ2v) is 5.51. The van der Waals surface area contributed by atoms with Crippen LogP contribution in [0.1, 0.15) is 37.6 Å². The Bertz CT molecular complexity index is 584. The molecule has 1 atom stereocenters. The van der Waals surface area contributed by atoms with E-state index in [4.69, 9.17) is 16.3 Å². The molecule has 0 bridgehead atoms. The summed E-state index contributed by atoms with van der Waals surface area (Å²) in [5.41, 5.74) is 2.11. The van der Waals surface area contributed by atoms with Gasteiger partial charge in [-0.2, -0.15) is 0 Å². The fraction of sp³-hybridized carbons (Fsp3) is 0.353. The van der Waals surface area contributed by atoms with Crippen molar-refractivity contribution in [1.29, 1.82) is 0 Å². The van der Waals surface area contributed by atoms with Crippen LogP contribution in [0.2, 0.25) is 5.02 Å². The Morgan fingerprint density at radius 2 is 2.10 bits per heavy atom. The van der Waals surface area contributed by atoms with Crippen LogP contribution in [-0.2, 0) is 0 Å². The molecular formula is C17H21ClN2O. The lowest BCUT2D eigenvalue weighted by molar-refractivity contribution is 0.479. The van der Waals surface area contributed by atoms with Crippen molar-refractivity contribution in [2.45, 2.75) is 33.2 Å². The van der Waals surface area contributed by atoms with E-state index in [1.807, 2.05) is 37.3 Å². The molecule has 0 spiro atoms. The monoisotopic (exact) mass is 304 g/mol. The molecule has 0 aliphatic carbocycles. The number of rotatable bonds is 6. The number of hydrogen-bond acceptors (Lipinski definition) is 3. The summed E-state index contributed by atoms with van der Waals surface area (Å²) in [6, 6.07) is 9.97. The highest BCUT2D eigenvalue weighted by Crippen LogP contribution is 2.31. The smallest absolute Gasteiger partial charge is 0.146 e. The van der Waals surface area contributed by atoms with Crippen molar-refractivity contribution in [3.8, 4) is 11.5 Å². The zero-order valence-electron chi connectivity index (χ0n) is 12.7. The number of benzene rings is 1. The Morgan fingerprint density at radius 3 is 2.71 bits per heavy atom. The third-order valence-corrected chi connectivity index (χ3v) is 3.56. The van der Waals surface area contributed by atoms with Gasteiger partial charge >= 0.3 is 0 Å². The molecule has 0 saturated carbocycles. The Morgan fingerprint density at radius 1 is 1.29 bits per heavy atom. The minimum absolute atomic E-state index is 0.276. The first-order valence-electron chi connectivity index (χ1n) is 7.23. The molecule has 0 fully saturated rings. The summed E-state index contributed by atoms with van der Waals surface area (Å²) in [7, 11) is 0. The molecular weight excluding hydrogens is 284 g/mol. The zero-order chi connectivity index (χ0) is 15.2. The van der Waals surface area contributed by atoms with E-state index in [1.165, 1.54) is 0 Å². The Hall–Kier alpha value is -1.58. The van der Waals surface area contributed by atoms with Gasteiger partial charge in [-0.05, 0) is 56.6 Å². The molecule has 21 heavy (non-hydrogen) atoms. The third-order valence-electron chi connectivity index (χ3n) is 3.27. The summed E-state index contributed by atoms with van der Waals surface area (Å²) in [6.45, 7) is 7.22. The third kappa shape index (κ3) is 4.45. The quantitative estimate of drug-likeness (QED) is 0.824. The number of aromatic nitrogens is 1. The largest absolute Gasteiger partial charge is 0.454 e. The first kappa shape index (κ1) is 15.8. The topological polar surface area (TPSA) is 34.1 Å². The molecule has 4 heteroatoms. The van der Waals surface area contributed by atoms with Gasteiger partial charge < -0.3 is 10.1 Å². The number of nitrogens with one attached hydrogen (secondary N) is 1. The van der Waals surface area contributed by atoms with Crippen molar-refractivity contribution >= 4 is 11.6 Å². The highest BCUT2D eigenvalue weighted by atomic mass is 35.5. The number of hydrogen-bond donors (Lipinski definition) is 1. The van der Waals surface area contributed by atoms with Crippen molar-refractivity contribution < 1.29 is 4.74 Å². The van der Waals surface area contributed by atoms with Crippen LogP contribution >= 0.6 is 11.6 Å². The molecule has 1 aromatic heterocycles. The molecule has 2 aromatic rings. The van der Waals surface area contributed by atoms with Crippen LogP contribution in [0, 0.1) is 6.92 Å². The van der Waals surface area contributed by atoms with E-state index in [1.54, 1.807) is 6.20 Å². The average molecular weight is 305 g/mol. The minimum atomic E-state index is 0.276. The summed E-state index contributed by atoms with van der Waals surface area (Å²) >= 11 is 6.32. The van der Waals surface area contributed by atoms with Gasteiger partial charge in [0, 0.05) is 11.7 Å². The molecule has 2 rings (SSSR count). The Kier molecular flexibility index (Phi) is 5.59. The van der Waals surface area contributed by atoms with Crippen LogP contribution < -0.4 is 10.1 Å². The molecule has 3 nitrogen and oxygen atoms in total. The van der Waals surface area contributed by atoms with Crippen LogP contribution in [0.25, 0.3) is 0 Å². The van der Waals surface area contributed by atoms with E-state index in [2.05, 4.69) is 24.1 Å². The first-order chi connectivity index (χ1) is 10.1. The maximum absolute atomic E-state index is 6.32. The van der Waals surface area contributed by atoms with Gasteiger partial charge in [0.1, 0.15) is 11.5 Å². The van der Waals surface area contributed by atoms with Crippen molar-refractivity contribution in [2.24, 2.45) is 0 Å². The fourth-order valence-corrected chi connectivity index (χ4v) is 2.22. The number of halogens is 1.